The Labute approximate surface area is 231 Å². The molecule has 0 N–H and O–H groups in total. The molecular weight excluding hydrogens is 514 g/mol. The molecule has 1 unspecified atom stereocenters. The topological polar surface area (TPSA) is 103 Å². The zero-order valence-electron chi connectivity index (χ0n) is 22.1. The number of likely N-dealkylation sites (tertiary alicyclic amines) is 1. The van der Waals surface area contributed by atoms with Crippen molar-refractivity contribution in [3.05, 3.63) is 58.9 Å². The fourth-order valence-corrected chi connectivity index (χ4v) is 5.64. The molecule has 2 saturated heterocycles. The maximum absolute atomic E-state index is 12.3. The Morgan fingerprint density at radius 1 is 1.08 bits per heavy atom. The molecule has 0 aliphatic carbocycles. The zero-order chi connectivity index (χ0) is 26.8. The standard InChI is InChI=1S/C29H31N5O4S/c1-18(2)28-31-32-29(39-28)19-10-12-22(13-11-19)37-24-16-20(8-9-21(24)17-34-14-5-7-25(34)35)26-30-27(38-33-26)23-6-3-4-15-36-23/h8-13,16,18,23H,3-7,14-15,17H2,1-2H3. The van der Waals surface area contributed by atoms with Crippen molar-refractivity contribution in [2.75, 3.05) is 13.2 Å². The highest BCUT2D eigenvalue weighted by Gasteiger charge is 2.25. The van der Waals surface area contributed by atoms with Crippen molar-refractivity contribution in [1.29, 1.82) is 0 Å². The molecule has 1 amide bonds. The van der Waals surface area contributed by atoms with Crippen molar-refractivity contribution >= 4 is 17.2 Å². The molecule has 2 aromatic heterocycles. The number of carbonyl (C=O) groups is 1. The molecule has 0 radical (unpaired) electrons. The molecule has 39 heavy (non-hydrogen) atoms. The summed E-state index contributed by atoms with van der Waals surface area (Å²) in [4.78, 5) is 18.8. The summed E-state index contributed by atoms with van der Waals surface area (Å²) in [6.07, 6.45) is 4.34. The monoisotopic (exact) mass is 545 g/mol. The van der Waals surface area contributed by atoms with Gasteiger partial charge in [-0.05, 0) is 56.0 Å². The van der Waals surface area contributed by atoms with Crippen LogP contribution in [0.2, 0.25) is 0 Å². The molecule has 0 bridgehead atoms. The SMILES string of the molecule is CC(C)c1nnc(-c2ccc(Oc3cc(-c4noc(C5CCCCO5)n4)ccc3CN3CCCC3=O)cc2)s1. The molecule has 1 atom stereocenters. The van der Waals surface area contributed by atoms with E-state index < -0.39 is 0 Å². The molecule has 202 valence electrons. The van der Waals surface area contributed by atoms with Gasteiger partial charge in [0.15, 0.2) is 0 Å². The molecule has 10 heteroatoms. The number of rotatable bonds is 8. The molecule has 2 aliphatic heterocycles. The summed E-state index contributed by atoms with van der Waals surface area (Å²) in [6, 6.07) is 13.7. The van der Waals surface area contributed by atoms with Crippen LogP contribution < -0.4 is 4.74 Å². The summed E-state index contributed by atoms with van der Waals surface area (Å²) < 4.78 is 17.8. The van der Waals surface area contributed by atoms with Crippen LogP contribution in [-0.4, -0.2) is 44.3 Å². The molecule has 0 spiro atoms. The highest BCUT2D eigenvalue weighted by atomic mass is 32.1. The molecular formula is C29H31N5O4S. The summed E-state index contributed by atoms with van der Waals surface area (Å²) in [7, 11) is 0. The van der Waals surface area contributed by atoms with E-state index in [0.717, 1.165) is 58.9 Å². The highest BCUT2D eigenvalue weighted by molar-refractivity contribution is 7.14. The van der Waals surface area contributed by atoms with Crippen molar-refractivity contribution < 1.29 is 18.8 Å². The summed E-state index contributed by atoms with van der Waals surface area (Å²) in [5.41, 5.74) is 2.69. The first-order chi connectivity index (χ1) is 19.0. The van der Waals surface area contributed by atoms with Gasteiger partial charge in [-0.3, -0.25) is 4.79 Å². The zero-order valence-corrected chi connectivity index (χ0v) is 22.9. The van der Waals surface area contributed by atoms with Gasteiger partial charge in [0.05, 0.1) is 0 Å². The summed E-state index contributed by atoms with van der Waals surface area (Å²) in [6.45, 7) is 6.18. The second-order valence-corrected chi connectivity index (χ2v) is 11.3. The lowest BCUT2D eigenvalue weighted by atomic mass is 10.1. The van der Waals surface area contributed by atoms with Crippen LogP contribution in [-0.2, 0) is 16.1 Å². The van der Waals surface area contributed by atoms with Crippen molar-refractivity contribution in [3.8, 4) is 33.5 Å². The summed E-state index contributed by atoms with van der Waals surface area (Å²) in [5.74, 6) is 2.84. The minimum Gasteiger partial charge on any atom is -0.457 e. The van der Waals surface area contributed by atoms with Gasteiger partial charge in [0.2, 0.25) is 11.7 Å². The maximum Gasteiger partial charge on any atom is 0.256 e. The van der Waals surface area contributed by atoms with E-state index in [9.17, 15) is 4.79 Å². The Hall–Kier alpha value is -3.63. The van der Waals surface area contributed by atoms with Gasteiger partial charge in [-0.1, -0.05) is 42.5 Å². The van der Waals surface area contributed by atoms with Crippen molar-refractivity contribution in [3.63, 3.8) is 0 Å². The quantitative estimate of drug-likeness (QED) is 0.246. The van der Waals surface area contributed by atoms with E-state index >= 15 is 0 Å². The highest BCUT2D eigenvalue weighted by Crippen LogP contribution is 2.35. The molecule has 6 rings (SSSR count). The van der Waals surface area contributed by atoms with Crippen LogP contribution in [0.5, 0.6) is 11.5 Å². The second kappa shape index (κ2) is 11.2. The molecule has 4 heterocycles. The number of hydrogen-bond donors (Lipinski definition) is 0. The van der Waals surface area contributed by atoms with E-state index in [4.69, 9.17) is 14.0 Å². The number of benzene rings is 2. The Bertz CT molecular complexity index is 1440. The minimum atomic E-state index is -0.153. The minimum absolute atomic E-state index is 0.153. The van der Waals surface area contributed by atoms with E-state index in [0.29, 0.717) is 48.7 Å². The van der Waals surface area contributed by atoms with Crippen LogP contribution in [0.4, 0.5) is 0 Å². The van der Waals surface area contributed by atoms with E-state index in [-0.39, 0.29) is 12.0 Å². The van der Waals surface area contributed by atoms with Gasteiger partial charge in [0.1, 0.15) is 27.6 Å². The van der Waals surface area contributed by atoms with Crippen LogP contribution in [0.15, 0.2) is 47.0 Å². The normalized spacial score (nSPS) is 17.8. The Morgan fingerprint density at radius 3 is 2.64 bits per heavy atom. The third-order valence-corrected chi connectivity index (χ3v) is 8.29. The summed E-state index contributed by atoms with van der Waals surface area (Å²) in [5, 5.41) is 14.8. The van der Waals surface area contributed by atoms with Crippen LogP contribution in [0, 0.1) is 0 Å². The molecule has 2 fully saturated rings. The average molecular weight is 546 g/mol. The van der Waals surface area contributed by atoms with Crippen LogP contribution in [0.3, 0.4) is 0 Å². The average Bonchev–Trinajstić information content (AvgIpc) is 3.73. The third kappa shape index (κ3) is 5.72. The molecule has 0 saturated carbocycles. The second-order valence-electron chi connectivity index (χ2n) is 10.3. The molecule has 4 aromatic rings. The van der Waals surface area contributed by atoms with E-state index in [1.54, 1.807) is 11.3 Å². The van der Waals surface area contributed by atoms with Crippen LogP contribution >= 0.6 is 11.3 Å². The number of nitrogens with zero attached hydrogens (tertiary/aromatic N) is 5. The first-order valence-electron chi connectivity index (χ1n) is 13.5. The summed E-state index contributed by atoms with van der Waals surface area (Å²) >= 11 is 1.60. The van der Waals surface area contributed by atoms with Crippen LogP contribution in [0.1, 0.15) is 74.4 Å². The Morgan fingerprint density at radius 2 is 1.92 bits per heavy atom. The lowest BCUT2D eigenvalue weighted by Crippen LogP contribution is -2.24. The van der Waals surface area contributed by atoms with Gasteiger partial charge in [-0.15, -0.1) is 10.2 Å². The number of hydrogen-bond acceptors (Lipinski definition) is 9. The van der Waals surface area contributed by atoms with Crippen molar-refractivity contribution in [2.24, 2.45) is 0 Å². The number of amides is 1. The predicted octanol–water partition coefficient (Wildman–Crippen LogP) is 6.53. The molecule has 9 nitrogen and oxygen atoms in total. The largest absolute Gasteiger partial charge is 0.457 e. The Balaban J connectivity index is 1.26. The Kier molecular flexibility index (Phi) is 7.38. The van der Waals surface area contributed by atoms with Gasteiger partial charge >= 0.3 is 0 Å². The first kappa shape index (κ1) is 25.6. The van der Waals surface area contributed by atoms with Gasteiger partial charge in [0.25, 0.3) is 5.89 Å². The third-order valence-electron chi connectivity index (χ3n) is 7.02. The molecule has 2 aromatic carbocycles. The van der Waals surface area contributed by atoms with E-state index in [2.05, 4.69) is 34.2 Å². The first-order valence-corrected chi connectivity index (χ1v) is 14.3. The number of aromatic nitrogens is 4. The van der Waals surface area contributed by atoms with Gasteiger partial charge in [-0.2, -0.15) is 4.98 Å². The fraction of sp³-hybridized carbons (Fsp3) is 0.414. The van der Waals surface area contributed by atoms with E-state index in [1.807, 2.05) is 47.4 Å². The van der Waals surface area contributed by atoms with Crippen molar-refractivity contribution in [1.82, 2.24) is 25.2 Å². The maximum atomic E-state index is 12.3. The van der Waals surface area contributed by atoms with Crippen LogP contribution in [0.25, 0.3) is 22.0 Å². The van der Waals surface area contributed by atoms with Gasteiger partial charge in [0, 0.05) is 48.7 Å². The van der Waals surface area contributed by atoms with Crippen molar-refractivity contribution in [2.45, 2.75) is 64.5 Å². The smallest absolute Gasteiger partial charge is 0.256 e. The number of carbonyl (C=O) groups excluding carboxylic acids is 1. The van der Waals surface area contributed by atoms with E-state index in [1.165, 1.54) is 0 Å². The van der Waals surface area contributed by atoms with Gasteiger partial charge < -0.3 is 18.9 Å². The molecule has 2 aliphatic rings. The predicted molar refractivity (Wildman–Crippen MR) is 146 cm³/mol. The van der Waals surface area contributed by atoms with Gasteiger partial charge in [-0.25, -0.2) is 0 Å². The number of ether oxygens (including phenoxy) is 2. The lowest BCUT2D eigenvalue weighted by molar-refractivity contribution is -0.128. The fourth-order valence-electron chi connectivity index (χ4n) is 4.79. The lowest BCUT2D eigenvalue weighted by Gasteiger charge is -2.19.